The van der Waals surface area contributed by atoms with Gasteiger partial charge in [-0.15, -0.1) is 0 Å². The molecule has 2 atom stereocenters. The minimum atomic E-state index is -1.11. The Hall–Kier alpha value is -1.92. The van der Waals surface area contributed by atoms with Gasteiger partial charge < -0.3 is 21.9 Å². The van der Waals surface area contributed by atoms with Gasteiger partial charge in [0.15, 0.2) is 6.04 Å². The molecule has 0 spiro atoms. The highest BCUT2D eigenvalue weighted by Gasteiger charge is 2.24. The molecular formula is C14H21N3O3. The van der Waals surface area contributed by atoms with E-state index < -0.39 is 24.0 Å². The number of carbonyl (C=O) groups excluding carboxylic acids is 1. The first kappa shape index (κ1) is 16.1. The molecular weight excluding hydrogens is 258 g/mol. The Kier molecular flexibility index (Phi) is 6.69. The van der Waals surface area contributed by atoms with Crippen LogP contribution in [0.1, 0.15) is 30.9 Å². The molecule has 0 saturated carbocycles. The number of carboxylic acid groups (broad SMARTS) is 1. The van der Waals surface area contributed by atoms with Crippen molar-refractivity contribution in [3.63, 3.8) is 0 Å². The van der Waals surface area contributed by atoms with E-state index in [1.54, 1.807) is 30.3 Å². The molecule has 0 bridgehead atoms. The highest BCUT2D eigenvalue weighted by Crippen LogP contribution is 2.13. The van der Waals surface area contributed by atoms with Crippen LogP contribution in [0.15, 0.2) is 30.3 Å². The molecule has 0 unspecified atom stereocenters. The molecule has 0 aromatic heterocycles. The van der Waals surface area contributed by atoms with E-state index in [1.165, 1.54) is 0 Å². The van der Waals surface area contributed by atoms with Crippen molar-refractivity contribution in [3.05, 3.63) is 35.9 Å². The van der Waals surface area contributed by atoms with Crippen molar-refractivity contribution < 1.29 is 14.7 Å². The third-order valence-corrected chi connectivity index (χ3v) is 2.97. The fourth-order valence-electron chi connectivity index (χ4n) is 1.82. The Morgan fingerprint density at radius 2 is 1.85 bits per heavy atom. The number of nitrogens with one attached hydrogen (secondary N) is 1. The van der Waals surface area contributed by atoms with Crippen molar-refractivity contribution in [2.24, 2.45) is 11.5 Å². The molecule has 1 amide bonds. The summed E-state index contributed by atoms with van der Waals surface area (Å²) >= 11 is 0. The summed E-state index contributed by atoms with van der Waals surface area (Å²) < 4.78 is 0. The topological polar surface area (TPSA) is 118 Å². The number of benzene rings is 1. The zero-order valence-electron chi connectivity index (χ0n) is 11.3. The van der Waals surface area contributed by atoms with Crippen molar-refractivity contribution in [2.45, 2.75) is 31.3 Å². The number of nitrogens with two attached hydrogens (primary N) is 2. The molecule has 110 valence electrons. The first-order valence-electron chi connectivity index (χ1n) is 6.60. The first-order valence-corrected chi connectivity index (χ1v) is 6.60. The standard InChI is InChI=1S/C14H21N3O3/c15-9-5-4-8-11(16)13(18)17-12(14(19)20)10-6-2-1-3-7-10/h1-3,6-7,11-12H,4-5,8-9,15-16H2,(H,17,18)(H,19,20)/t11-,12-/m0/s1. The van der Waals surface area contributed by atoms with Gasteiger partial charge in [-0.2, -0.15) is 0 Å². The van der Waals surface area contributed by atoms with Crippen LogP contribution < -0.4 is 16.8 Å². The summed E-state index contributed by atoms with van der Waals surface area (Å²) in [5.41, 5.74) is 11.6. The highest BCUT2D eigenvalue weighted by molar-refractivity contribution is 5.87. The zero-order valence-corrected chi connectivity index (χ0v) is 11.3. The number of rotatable bonds is 8. The molecule has 1 rings (SSSR count). The van der Waals surface area contributed by atoms with Crippen molar-refractivity contribution in [1.82, 2.24) is 5.32 Å². The maximum atomic E-state index is 11.9. The second-order valence-electron chi connectivity index (χ2n) is 4.58. The van der Waals surface area contributed by atoms with Gasteiger partial charge in [0, 0.05) is 0 Å². The Labute approximate surface area is 118 Å². The van der Waals surface area contributed by atoms with Crippen LogP contribution in [0.5, 0.6) is 0 Å². The minimum Gasteiger partial charge on any atom is -0.479 e. The average Bonchev–Trinajstić information content (AvgIpc) is 2.45. The number of carboxylic acids is 1. The zero-order chi connectivity index (χ0) is 15.0. The fourth-order valence-corrected chi connectivity index (χ4v) is 1.82. The lowest BCUT2D eigenvalue weighted by Crippen LogP contribution is -2.44. The van der Waals surface area contributed by atoms with Crippen LogP contribution in [0.2, 0.25) is 0 Å². The summed E-state index contributed by atoms with van der Waals surface area (Å²) in [6.07, 6.45) is 2.03. The third kappa shape index (κ3) is 4.99. The van der Waals surface area contributed by atoms with Crippen LogP contribution in [-0.2, 0) is 9.59 Å². The molecule has 0 heterocycles. The Bertz CT molecular complexity index is 437. The largest absolute Gasteiger partial charge is 0.479 e. The molecule has 0 aliphatic rings. The Morgan fingerprint density at radius 3 is 2.40 bits per heavy atom. The summed E-state index contributed by atoms with van der Waals surface area (Å²) in [7, 11) is 0. The van der Waals surface area contributed by atoms with E-state index in [0.29, 0.717) is 18.5 Å². The second kappa shape index (κ2) is 8.29. The van der Waals surface area contributed by atoms with Gasteiger partial charge in [0.05, 0.1) is 6.04 Å². The van der Waals surface area contributed by atoms with E-state index in [4.69, 9.17) is 11.5 Å². The minimum absolute atomic E-state index is 0.460. The predicted molar refractivity (Wildman–Crippen MR) is 75.8 cm³/mol. The van der Waals surface area contributed by atoms with Gasteiger partial charge in [0.1, 0.15) is 0 Å². The van der Waals surface area contributed by atoms with Crippen LogP contribution in [0.25, 0.3) is 0 Å². The smallest absolute Gasteiger partial charge is 0.330 e. The number of hydrogen-bond acceptors (Lipinski definition) is 4. The fraction of sp³-hybridized carbons (Fsp3) is 0.429. The quantitative estimate of drug-likeness (QED) is 0.513. The molecule has 20 heavy (non-hydrogen) atoms. The molecule has 0 aliphatic heterocycles. The molecule has 0 aliphatic carbocycles. The van der Waals surface area contributed by atoms with Crippen LogP contribution in [0.4, 0.5) is 0 Å². The lowest BCUT2D eigenvalue weighted by Gasteiger charge is -2.18. The van der Waals surface area contributed by atoms with Gasteiger partial charge in [0.25, 0.3) is 0 Å². The van der Waals surface area contributed by atoms with Crippen molar-refractivity contribution in [2.75, 3.05) is 6.54 Å². The summed E-state index contributed by atoms with van der Waals surface area (Å²) in [4.78, 5) is 23.1. The van der Waals surface area contributed by atoms with Crippen LogP contribution in [-0.4, -0.2) is 29.6 Å². The first-order chi connectivity index (χ1) is 9.56. The SMILES string of the molecule is NCCCC[C@H](N)C(=O)N[C@H](C(=O)O)c1ccccc1. The maximum Gasteiger partial charge on any atom is 0.330 e. The number of unbranched alkanes of at least 4 members (excludes halogenated alkanes) is 1. The maximum absolute atomic E-state index is 11.9. The lowest BCUT2D eigenvalue weighted by atomic mass is 10.1. The Balaban J connectivity index is 2.62. The number of hydrogen-bond donors (Lipinski definition) is 4. The van der Waals surface area contributed by atoms with E-state index in [-0.39, 0.29) is 0 Å². The van der Waals surface area contributed by atoms with Crippen molar-refractivity contribution in [1.29, 1.82) is 0 Å². The molecule has 0 fully saturated rings. The highest BCUT2D eigenvalue weighted by atomic mass is 16.4. The average molecular weight is 279 g/mol. The predicted octanol–water partition coefficient (Wildman–Crippen LogP) is 0.385. The van der Waals surface area contributed by atoms with Gasteiger partial charge >= 0.3 is 5.97 Å². The van der Waals surface area contributed by atoms with Gasteiger partial charge in [-0.25, -0.2) is 4.79 Å². The molecule has 0 saturated heterocycles. The molecule has 6 nitrogen and oxygen atoms in total. The summed E-state index contributed by atoms with van der Waals surface area (Å²) in [6.45, 7) is 0.552. The molecule has 1 aromatic carbocycles. The van der Waals surface area contributed by atoms with E-state index in [9.17, 15) is 14.7 Å². The number of aliphatic carboxylic acids is 1. The second-order valence-corrected chi connectivity index (χ2v) is 4.58. The van der Waals surface area contributed by atoms with E-state index in [1.807, 2.05) is 0 Å². The van der Waals surface area contributed by atoms with E-state index in [0.717, 1.165) is 12.8 Å². The van der Waals surface area contributed by atoms with Gasteiger partial charge in [0.2, 0.25) is 5.91 Å². The molecule has 0 radical (unpaired) electrons. The van der Waals surface area contributed by atoms with Crippen LogP contribution >= 0.6 is 0 Å². The Morgan fingerprint density at radius 1 is 1.20 bits per heavy atom. The van der Waals surface area contributed by atoms with Crippen molar-refractivity contribution >= 4 is 11.9 Å². The molecule has 6 heteroatoms. The van der Waals surface area contributed by atoms with E-state index >= 15 is 0 Å². The molecule has 1 aromatic rings. The van der Waals surface area contributed by atoms with Crippen molar-refractivity contribution in [3.8, 4) is 0 Å². The third-order valence-electron chi connectivity index (χ3n) is 2.97. The normalized spacial score (nSPS) is 13.5. The summed E-state index contributed by atoms with van der Waals surface area (Å²) in [6, 6.07) is 6.73. The van der Waals surface area contributed by atoms with Crippen LogP contribution in [0, 0.1) is 0 Å². The molecule has 6 N–H and O–H groups in total. The monoisotopic (exact) mass is 279 g/mol. The van der Waals surface area contributed by atoms with E-state index in [2.05, 4.69) is 5.32 Å². The number of amides is 1. The van der Waals surface area contributed by atoms with Gasteiger partial charge in [-0.05, 0) is 24.9 Å². The van der Waals surface area contributed by atoms with Gasteiger partial charge in [-0.1, -0.05) is 36.8 Å². The number of carbonyl (C=O) groups is 2. The lowest BCUT2D eigenvalue weighted by molar-refractivity contribution is -0.142. The summed E-state index contributed by atoms with van der Waals surface area (Å²) in [5, 5.41) is 11.7. The van der Waals surface area contributed by atoms with Crippen LogP contribution in [0.3, 0.4) is 0 Å². The van der Waals surface area contributed by atoms with Gasteiger partial charge in [-0.3, -0.25) is 4.79 Å². The summed E-state index contributed by atoms with van der Waals surface area (Å²) in [5.74, 6) is -1.57.